The molecule has 0 spiro atoms. The quantitative estimate of drug-likeness (QED) is 0.319. The molecule has 0 aliphatic carbocycles. The number of hydrogen-bond acceptors (Lipinski definition) is 3. The molecule has 0 aromatic rings. The van der Waals surface area contributed by atoms with Crippen molar-refractivity contribution >= 4 is 11.6 Å². The molecule has 0 saturated carbocycles. The van der Waals surface area contributed by atoms with Crippen LogP contribution in [0, 0.1) is 0 Å². The van der Waals surface area contributed by atoms with Crippen LogP contribution in [0.1, 0.15) is 33.1 Å². The van der Waals surface area contributed by atoms with E-state index >= 15 is 0 Å². The molecule has 0 atom stereocenters. The first-order chi connectivity index (χ1) is 7.61. The van der Waals surface area contributed by atoms with E-state index in [1.807, 2.05) is 0 Å². The standard InChI is InChI=1S/C11H17NO2.C2H4/c1-9(13)11(10(2)14)8-12-6-4-3-5-7-12;1-2/h8H,3-7H2,1-2H3;1-2H2. The average Bonchev–Trinajstić information content (AvgIpc) is 2.29. The summed E-state index contributed by atoms with van der Waals surface area (Å²) < 4.78 is 0. The lowest BCUT2D eigenvalue weighted by Crippen LogP contribution is -2.26. The Kier molecular flexibility index (Phi) is 7.18. The van der Waals surface area contributed by atoms with Crippen molar-refractivity contribution in [3.05, 3.63) is 24.9 Å². The SMILES string of the molecule is C=C.CC(=O)C(=CN1CCCCC1)C(C)=O. The van der Waals surface area contributed by atoms with Gasteiger partial charge in [-0.2, -0.15) is 0 Å². The molecule has 90 valence electrons. The molecule has 1 saturated heterocycles. The molecule has 1 aliphatic rings. The van der Waals surface area contributed by atoms with Crippen LogP contribution in [0.2, 0.25) is 0 Å². The van der Waals surface area contributed by atoms with Crippen molar-refractivity contribution in [1.29, 1.82) is 0 Å². The average molecular weight is 223 g/mol. The number of nitrogens with zero attached hydrogens (tertiary/aromatic N) is 1. The van der Waals surface area contributed by atoms with Gasteiger partial charge in [0.05, 0.1) is 5.57 Å². The number of ketones is 2. The molecule has 1 aliphatic heterocycles. The summed E-state index contributed by atoms with van der Waals surface area (Å²) in [6.07, 6.45) is 5.28. The first-order valence-corrected chi connectivity index (χ1v) is 5.59. The van der Waals surface area contributed by atoms with Crippen LogP contribution in [0.4, 0.5) is 0 Å². The summed E-state index contributed by atoms with van der Waals surface area (Å²) in [4.78, 5) is 24.4. The van der Waals surface area contributed by atoms with Gasteiger partial charge in [-0.15, -0.1) is 13.2 Å². The van der Waals surface area contributed by atoms with Gasteiger partial charge in [-0.05, 0) is 33.1 Å². The number of likely N-dealkylation sites (tertiary alicyclic amines) is 1. The summed E-state index contributed by atoms with van der Waals surface area (Å²) in [6.45, 7) is 10.8. The first-order valence-electron chi connectivity index (χ1n) is 5.59. The number of Topliss-reactive ketones (excluding diaryl/α,β-unsaturated/α-hetero) is 2. The van der Waals surface area contributed by atoms with E-state index in [9.17, 15) is 9.59 Å². The summed E-state index contributed by atoms with van der Waals surface area (Å²) >= 11 is 0. The zero-order valence-corrected chi connectivity index (χ0v) is 10.3. The molecule has 0 bridgehead atoms. The Bertz CT molecular complexity index is 260. The molecule has 1 fully saturated rings. The third-order valence-corrected chi connectivity index (χ3v) is 2.46. The van der Waals surface area contributed by atoms with Crippen molar-refractivity contribution in [1.82, 2.24) is 4.90 Å². The van der Waals surface area contributed by atoms with E-state index in [2.05, 4.69) is 18.1 Å². The third-order valence-electron chi connectivity index (χ3n) is 2.46. The van der Waals surface area contributed by atoms with E-state index in [0.717, 1.165) is 25.9 Å². The highest BCUT2D eigenvalue weighted by molar-refractivity contribution is 6.18. The van der Waals surface area contributed by atoms with E-state index in [1.165, 1.54) is 20.3 Å². The maximum atomic E-state index is 11.1. The zero-order valence-electron chi connectivity index (χ0n) is 10.3. The molecule has 0 aromatic heterocycles. The van der Waals surface area contributed by atoms with Crippen LogP contribution in [0.3, 0.4) is 0 Å². The normalized spacial score (nSPS) is 14.5. The summed E-state index contributed by atoms with van der Waals surface area (Å²) in [7, 11) is 0. The van der Waals surface area contributed by atoms with Crippen LogP contribution in [0.25, 0.3) is 0 Å². The Morgan fingerprint density at radius 3 is 1.81 bits per heavy atom. The van der Waals surface area contributed by atoms with Gasteiger partial charge in [0.25, 0.3) is 0 Å². The van der Waals surface area contributed by atoms with Gasteiger partial charge in [-0.25, -0.2) is 0 Å². The third kappa shape index (κ3) is 4.91. The highest BCUT2D eigenvalue weighted by Crippen LogP contribution is 2.11. The fourth-order valence-corrected chi connectivity index (χ4v) is 1.66. The van der Waals surface area contributed by atoms with Crippen molar-refractivity contribution in [2.75, 3.05) is 13.1 Å². The predicted molar refractivity (Wildman–Crippen MR) is 66.1 cm³/mol. The van der Waals surface area contributed by atoms with Gasteiger partial charge in [-0.1, -0.05) is 0 Å². The highest BCUT2D eigenvalue weighted by atomic mass is 16.1. The Morgan fingerprint density at radius 1 is 1.00 bits per heavy atom. The van der Waals surface area contributed by atoms with Crippen LogP contribution >= 0.6 is 0 Å². The van der Waals surface area contributed by atoms with Crippen LogP contribution in [0.5, 0.6) is 0 Å². The van der Waals surface area contributed by atoms with E-state index in [-0.39, 0.29) is 11.6 Å². The van der Waals surface area contributed by atoms with E-state index in [4.69, 9.17) is 0 Å². The summed E-state index contributed by atoms with van der Waals surface area (Å²) in [6, 6.07) is 0. The summed E-state index contributed by atoms with van der Waals surface area (Å²) in [5.41, 5.74) is 0.326. The van der Waals surface area contributed by atoms with Crippen molar-refractivity contribution < 1.29 is 9.59 Å². The number of carbonyl (C=O) groups excluding carboxylic acids is 2. The van der Waals surface area contributed by atoms with Gasteiger partial charge in [0.1, 0.15) is 0 Å². The fraction of sp³-hybridized carbons (Fsp3) is 0.538. The maximum absolute atomic E-state index is 11.1. The van der Waals surface area contributed by atoms with Gasteiger partial charge < -0.3 is 4.90 Å². The van der Waals surface area contributed by atoms with Gasteiger partial charge in [0.2, 0.25) is 0 Å². The second-order valence-electron chi connectivity index (χ2n) is 3.75. The van der Waals surface area contributed by atoms with Crippen molar-refractivity contribution in [2.24, 2.45) is 0 Å². The van der Waals surface area contributed by atoms with Gasteiger partial charge in [0, 0.05) is 19.3 Å². The van der Waals surface area contributed by atoms with Crippen LogP contribution in [-0.4, -0.2) is 29.6 Å². The number of allylic oxidation sites excluding steroid dienone is 1. The van der Waals surface area contributed by atoms with Gasteiger partial charge >= 0.3 is 0 Å². The molecule has 16 heavy (non-hydrogen) atoms. The highest BCUT2D eigenvalue weighted by Gasteiger charge is 2.13. The molecule has 0 radical (unpaired) electrons. The second-order valence-corrected chi connectivity index (χ2v) is 3.75. The Labute approximate surface area is 97.8 Å². The minimum atomic E-state index is -0.136. The van der Waals surface area contributed by atoms with Gasteiger partial charge in [-0.3, -0.25) is 9.59 Å². The van der Waals surface area contributed by atoms with Gasteiger partial charge in [0.15, 0.2) is 11.6 Å². The number of hydrogen-bond donors (Lipinski definition) is 0. The van der Waals surface area contributed by atoms with Crippen molar-refractivity contribution in [3.8, 4) is 0 Å². The molecule has 0 unspecified atom stereocenters. The molecule has 1 heterocycles. The molecule has 3 heteroatoms. The van der Waals surface area contributed by atoms with Crippen LogP contribution < -0.4 is 0 Å². The summed E-state index contributed by atoms with van der Waals surface area (Å²) in [5, 5.41) is 0. The monoisotopic (exact) mass is 223 g/mol. The minimum Gasteiger partial charge on any atom is -0.377 e. The molecule has 3 nitrogen and oxygen atoms in total. The second kappa shape index (κ2) is 7.85. The Hall–Kier alpha value is -1.38. The van der Waals surface area contributed by atoms with E-state index < -0.39 is 0 Å². The fourth-order valence-electron chi connectivity index (χ4n) is 1.66. The molecule has 0 N–H and O–H groups in total. The molecule has 0 aromatic carbocycles. The maximum Gasteiger partial charge on any atom is 0.164 e. The van der Waals surface area contributed by atoms with Crippen LogP contribution in [0.15, 0.2) is 24.9 Å². The van der Waals surface area contributed by atoms with Crippen LogP contribution in [-0.2, 0) is 9.59 Å². The van der Waals surface area contributed by atoms with Crippen molar-refractivity contribution in [3.63, 3.8) is 0 Å². The topological polar surface area (TPSA) is 37.4 Å². The number of piperidine rings is 1. The number of carbonyl (C=O) groups is 2. The zero-order chi connectivity index (χ0) is 12.6. The molecule has 1 rings (SSSR count). The largest absolute Gasteiger partial charge is 0.377 e. The Morgan fingerprint density at radius 2 is 1.44 bits per heavy atom. The Balaban J connectivity index is 0.00000106. The number of rotatable bonds is 3. The van der Waals surface area contributed by atoms with E-state index in [0.29, 0.717) is 5.57 Å². The lowest BCUT2D eigenvalue weighted by Gasteiger charge is -2.25. The van der Waals surface area contributed by atoms with E-state index in [1.54, 1.807) is 6.20 Å². The molecular formula is C13H21NO2. The minimum absolute atomic E-state index is 0.136. The predicted octanol–water partition coefficient (Wildman–Crippen LogP) is 2.34. The molecule has 0 amide bonds. The molecular weight excluding hydrogens is 202 g/mol. The lowest BCUT2D eigenvalue weighted by atomic mass is 10.1. The first kappa shape index (κ1) is 14.6. The smallest absolute Gasteiger partial charge is 0.164 e. The lowest BCUT2D eigenvalue weighted by molar-refractivity contribution is -0.119. The summed E-state index contributed by atoms with van der Waals surface area (Å²) in [5.74, 6) is -0.272. The van der Waals surface area contributed by atoms with Crippen molar-refractivity contribution in [2.45, 2.75) is 33.1 Å².